The number of benzene rings is 1. The summed E-state index contributed by atoms with van der Waals surface area (Å²) in [4.78, 5) is 17.9. The van der Waals surface area contributed by atoms with Gasteiger partial charge in [0.05, 0.1) is 27.8 Å². The van der Waals surface area contributed by atoms with Gasteiger partial charge in [0.1, 0.15) is 18.0 Å². The Balaban J connectivity index is 1.29. The molecule has 0 saturated carbocycles. The molecule has 1 N–H and O–H groups in total. The van der Waals surface area contributed by atoms with Gasteiger partial charge in [-0.1, -0.05) is 30.3 Å². The Kier molecular flexibility index (Phi) is 6.03. The Morgan fingerprint density at radius 3 is 2.58 bits per heavy atom. The highest BCUT2D eigenvalue weighted by Gasteiger charge is 2.14. The number of aryl methyl sites for hydroxylation is 3. The number of rotatable bonds is 7. The maximum Gasteiger partial charge on any atom is 0.269 e. The number of aromatic nitrogens is 5. The minimum Gasteiger partial charge on any atom is -0.475 e. The van der Waals surface area contributed by atoms with Crippen LogP contribution in [-0.4, -0.2) is 44.0 Å². The second-order valence-corrected chi connectivity index (χ2v) is 8.12. The smallest absolute Gasteiger partial charge is 0.269 e. The lowest BCUT2D eigenvalue weighted by atomic mass is 10.1. The fraction of sp³-hybridized carbons (Fsp3) is 0.227. The van der Waals surface area contributed by atoms with Crippen molar-refractivity contribution in [3.63, 3.8) is 0 Å². The quantitative estimate of drug-likeness (QED) is 0.448. The molecule has 0 aliphatic heterocycles. The first-order valence-corrected chi connectivity index (χ1v) is 10.6. The van der Waals surface area contributed by atoms with E-state index in [0.717, 1.165) is 32.5 Å². The molecule has 3 heterocycles. The van der Waals surface area contributed by atoms with Gasteiger partial charge in [0, 0.05) is 18.7 Å². The molecule has 0 bridgehead atoms. The molecule has 0 saturated heterocycles. The molecule has 158 valence electrons. The SMILES string of the molecule is Cc1nc(C)c(-c2ccc(OCCNC(=O)c3cc(-c4ccccc4)nn3C)nn2)s1. The molecular weight excluding hydrogens is 412 g/mol. The van der Waals surface area contributed by atoms with Crippen molar-refractivity contribution in [1.29, 1.82) is 0 Å². The summed E-state index contributed by atoms with van der Waals surface area (Å²) >= 11 is 1.59. The summed E-state index contributed by atoms with van der Waals surface area (Å²) in [5.41, 5.74) is 3.92. The predicted molar refractivity (Wildman–Crippen MR) is 119 cm³/mol. The summed E-state index contributed by atoms with van der Waals surface area (Å²) in [6.45, 7) is 4.54. The lowest BCUT2D eigenvalue weighted by Crippen LogP contribution is -2.29. The van der Waals surface area contributed by atoms with Crippen LogP contribution in [0.2, 0.25) is 0 Å². The van der Waals surface area contributed by atoms with Crippen LogP contribution in [0.1, 0.15) is 21.2 Å². The number of nitrogens with zero attached hydrogens (tertiary/aromatic N) is 5. The molecule has 0 unspecified atom stereocenters. The van der Waals surface area contributed by atoms with Gasteiger partial charge in [-0.2, -0.15) is 5.10 Å². The summed E-state index contributed by atoms with van der Waals surface area (Å²) in [7, 11) is 1.75. The zero-order valence-corrected chi connectivity index (χ0v) is 18.3. The van der Waals surface area contributed by atoms with Crippen LogP contribution in [0.25, 0.3) is 21.8 Å². The highest BCUT2D eigenvalue weighted by Crippen LogP contribution is 2.28. The standard InChI is InChI=1S/C22H22N6O2S/c1-14-21(31-15(2)24-14)17-9-10-20(26-25-17)30-12-11-23-22(29)19-13-18(27-28(19)3)16-7-5-4-6-8-16/h4-10,13H,11-12H2,1-3H3,(H,23,29). The third-order valence-electron chi connectivity index (χ3n) is 4.60. The number of nitrogens with one attached hydrogen (secondary N) is 1. The van der Waals surface area contributed by atoms with Crippen molar-refractivity contribution in [3.8, 4) is 27.7 Å². The molecule has 0 fully saturated rings. The highest BCUT2D eigenvalue weighted by atomic mass is 32.1. The van der Waals surface area contributed by atoms with Gasteiger partial charge in [-0.25, -0.2) is 4.98 Å². The van der Waals surface area contributed by atoms with Crippen LogP contribution in [0.15, 0.2) is 48.5 Å². The van der Waals surface area contributed by atoms with Crippen LogP contribution >= 0.6 is 11.3 Å². The summed E-state index contributed by atoms with van der Waals surface area (Å²) < 4.78 is 7.18. The van der Waals surface area contributed by atoms with E-state index in [1.807, 2.05) is 50.2 Å². The molecule has 1 aromatic carbocycles. The van der Waals surface area contributed by atoms with Gasteiger partial charge in [-0.05, 0) is 26.0 Å². The normalized spacial score (nSPS) is 10.8. The van der Waals surface area contributed by atoms with Gasteiger partial charge in [-0.15, -0.1) is 21.5 Å². The maximum atomic E-state index is 12.5. The minimum absolute atomic E-state index is 0.210. The molecule has 0 atom stereocenters. The first-order chi connectivity index (χ1) is 15.0. The van der Waals surface area contributed by atoms with Gasteiger partial charge in [0.2, 0.25) is 5.88 Å². The first kappa shape index (κ1) is 20.7. The second kappa shape index (κ2) is 9.05. The number of hydrogen-bond acceptors (Lipinski definition) is 7. The van der Waals surface area contributed by atoms with E-state index in [1.54, 1.807) is 35.2 Å². The number of hydrogen-bond donors (Lipinski definition) is 1. The van der Waals surface area contributed by atoms with E-state index in [0.29, 0.717) is 18.1 Å². The number of amides is 1. The zero-order chi connectivity index (χ0) is 21.8. The first-order valence-electron chi connectivity index (χ1n) is 9.80. The van der Waals surface area contributed by atoms with Gasteiger partial charge >= 0.3 is 0 Å². The third-order valence-corrected chi connectivity index (χ3v) is 5.69. The lowest BCUT2D eigenvalue weighted by Gasteiger charge is -2.07. The van der Waals surface area contributed by atoms with Crippen LogP contribution in [0.3, 0.4) is 0 Å². The summed E-state index contributed by atoms with van der Waals surface area (Å²) in [6.07, 6.45) is 0. The van der Waals surface area contributed by atoms with Crippen LogP contribution < -0.4 is 10.1 Å². The number of carbonyl (C=O) groups is 1. The van der Waals surface area contributed by atoms with Crippen LogP contribution in [0.4, 0.5) is 0 Å². The molecule has 1 amide bonds. The van der Waals surface area contributed by atoms with Crippen LogP contribution in [-0.2, 0) is 7.05 Å². The lowest BCUT2D eigenvalue weighted by molar-refractivity contribution is 0.0937. The van der Waals surface area contributed by atoms with E-state index < -0.39 is 0 Å². The maximum absolute atomic E-state index is 12.5. The van der Waals surface area contributed by atoms with Crippen molar-refractivity contribution in [1.82, 2.24) is 30.3 Å². The fourth-order valence-corrected chi connectivity index (χ4v) is 4.01. The van der Waals surface area contributed by atoms with Crippen molar-refractivity contribution in [2.45, 2.75) is 13.8 Å². The van der Waals surface area contributed by atoms with Crippen LogP contribution in [0, 0.1) is 13.8 Å². The average Bonchev–Trinajstić information content (AvgIpc) is 3.33. The minimum atomic E-state index is -0.210. The molecule has 8 nitrogen and oxygen atoms in total. The molecule has 31 heavy (non-hydrogen) atoms. The van der Waals surface area contributed by atoms with Gasteiger partial charge in [-0.3, -0.25) is 9.48 Å². The highest BCUT2D eigenvalue weighted by molar-refractivity contribution is 7.15. The Morgan fingerprint density at radius 2 is 1.90 bits per heavy atom. The van der Waals surface area contributed by atoms with E-state index in [4.69, 9.17) is 4.74 Å². The van der Waals surface area contributed by atoms with E-state index in [2.05, 4.69) is 25.6 Å². The second-order valence-electron chi connectivity index (χ2n) is 6.91. The van der Waals surface area contributed by atoms with Crippen molar-refractivity contribution in [3.05, 3.63) is 64.9 Å². The molecule has 3 aromatic heterocycles. The monoisotopic (exact) mass is 434 g/mol. The van der Waals surface area contributed by atoms with Crippen molar-refractivity contribution in [2.75, 3.05) is 13.2 Å². The zero-order valence-electron chi connectivity index (χ0n) is 17.5. The van der Waals surface area contributed by atoms with Gasteiger partial charge < -0.3 is 10.1 Å². The van der Waals surface area contributed by atoms with Crippen molar-refractivity contribution >= 4 is 17.2 Å². The van der Waals surface area contributed by atoms with E-state index in [-0.39, 0.29) is 12.5 Å². The van der Waals surface area contributed by atoms with Gasteiger partial charge in [0.25, 0.3) is 5.91 Å². The molecular formula is C22H22N6O2S. The molecule has 4 rings (SSSR count). The molecule has 0 radical (unpaired) electrons. The summed E-state index contributed by atoms with van der Waals surface area (Å²) in [6, 6.07) is 15.2. The summed E-state index contributed by atoms with van der Waals surface area (Å²) in [5.74, 6) is 0.196. The Labute approximate surface area is 183 Å². The molecule has 0 aliphatic rings. The molecule has 9 heteroatoms. The van der Waals surface area contributed by atoms with Crippen LogP contribution in [0.5, 0.6) is 5.88 Å². The third kappa shape index (κ3) is 4.77. The van der Waals surface area contributed by atoms with E-state index in [1.165, 1.54) is 0 Å². The predicted octanol–water partition coefficient (Wildman–Crippen LogP) is 3.43. The number of thiazole rings is 1. The summed E-state index contributed by atoms with van der Waals surface area (Å²) in [5, 5.41) is 16.6. The fourth-order valence-electron chi connectivity index (χ4n) is 3.13. The van der Waals surface area contributed by atoms with Crippen molar-refractivity contribution in [2.24, 2.45) is 7.05 Å². The molecule has 0 spiro atoms. The Bertz CT molecular complexity index is 1180. The van der Waals surface area contributed by atoms with Crippen molar-refractivity contribution < 1.29 is 9.53 Å². The Morgan fingerprint density at radius 1 is 1.10 bits per heavy atom. The Hall–Kier alpha value is -3.59. The molecule has 0 aliphatic carbocycles. The number of ether oxygens (including phenoxy) is 1. The van der Waals surface area contributed by atoms with E-state index >= 15 is 0 Å². The van der Waals surface area contributed by atoms with Gasteiger partial charge in [0.15, 0.2) is 0 Å². The molecule has 4 aromatic rings. The number of carbonyl (C=O) groups excluding carboxylic acids is 1. The van der Waals surface area contributed by atoms with E-state index in [9.17, 15) is 4.79 Å². The average molecular weight is 435 g/mol. The largest absolute Gasteiger partial charge is 0.475 e. The topological polar surface area (TPSA) is 94.8 Å².